The minimum absolute atomic E-state index is 0.145. The number of nitrogens with zero attached hydrogens (tertiary/aromatic N) is 2. The molecule has 0 aliphatic heterocycles. The van der Waals surface area contributed by atoms with Gasteiger partial charge in [-0.2, -0.15) is 0 Å². The zero-order valence-corrected chi connectivity index (χ0v) is 17.5. The van der Waals surface area contributed by atoms with Crippen LogP contribution in [0, 0.1) is 6.92 Å². The van der Waals surface area contributed by atoms with Crippen LogP contribution in [0.2, 0.25) is 0 Å². The van der Waals surface area contributed by atoms with E-state index in [1.165, 1.54) is 37.6 Å². The molecule has 0 saturated heterocycles. The van der Waals surface area contributed by atoms with Gasteiger partial charge >= 0.3 is 11.9 Å². The number of anilines is 1. The normalized spacial score (nSPS) is 11.0. The smallest absolute Gasteiger partial charge is 0.337 e. The summed E-state index contributed by atoms with van der Waals surface area (Å²) in [4.78, 5) is 38.8. The van der Waals surface area contributed by atoms with E-state index in [-0.39, 0.29) is 18.0 Å². The lowest BCUT2D eigenvalue weighted by Crippen LogP contribution is -2.28. The zero-order chi connectivity index (χ0) is 22.3. The Bertz CT molecular complexity index is 1010. The fraction of sp³-hybridized carbons (Fsp3) is 0.333. The van der Waals surface area contributed by atoms with Crippen LogP contribution in [0.15, 0.2) is 35.5 Å². The maximum absolute atomic E-state index is 12.1. The molecule has 0 unspecified atom stereocenters. The summed E-state index contributed by atoms with van der Waals surface area (Å²) in [5.41, 5.74) is 0.729. The van der Waals surface area contributed by atoms with Crippen LogP contribution in [-0.4, -0.2) is 56.1 Å². The summed E-state index contributed by atoms with van der Waals surface area (Å²) in [6, 6.07) is 5.95. The Morgan fingerprint density at radius 3 is 2.40 bits per heavy atom. The van der Waals surface area contributed by atoms with Gasteiger partial charge in [0.1, 0.15) is 5.82 Å². The predicted molar refractivity (Wildman–Crippen MR) is 105 cm³/mol. The van der Waals surface area contributed by atoms with Crippen molar-refractivity contribution in [1.29, 1.82) is 0 Å². The molecule has 2 rings (SSSR count). The van der Waals surface area contributed by atoms with Crippen molar-refractivity contribution in [3.63, 3.8) is 0 Å². The van der Waals surface area contributed by atoms with E-state index in [0.717, 1.165) is 0 Å². The van der Waals surface area contributed by atoms with Crippen molar-refractivity contribution >= 4 is 33.6 Å². The van der Waals surface area contributed by atoms with Crippen molar-refractivity contribution in [2.75, 3.05) is 25.6 Å². The first-order valence-electron chi connectivity index (χ1n) is 8.76. The number of nitrogens with one attached hydrogen (secondary N) is 2. The standard InChI is InChI=1S/C18H22N4O7S/c1-12-20-16(10-22(12)2)30(26,27)19-9-8-17(24)29-11-15(23)21-14-6-4-13(5-7-14)18(25)28-3/h4-7,10,19H,8-9,11H2,1-3H3,(H,21,23). The van der Waals surface area contributed by atoms with Gasteiger partial charge in [0.15, 0.2) is 11.6 Å². The van der Waals surface area contributed by atoms with Gasteiger partial charge in [-0.1, -0.05) is 0 Å². The quantitative estimate of drug-likeness (QED) is 0.534. The van der Waals surface area contributed by atoms with Gasteiger partial charge in [0, 0.05) is 25.5 Å². The Morgan fingerprint density at radius 1 is 1.17 bits per heavy atom. The van der Waals surface area contributed by atoms with E-state index >= 15 is 0 Å². The number of carbonyl (C=O) groups is 3. The number of imidazole rings is 1. The highest BCUT2D eigenvalue weighted by Crippen LogP contribution is 2.10. The Kier molecular flexibility index (Phi) is 7.66. The summed E-state index contributed by atoms with van der Waals surface area (Å²) in [5.74, 6) is -1.30. The zero-order valence-electron chi connectivity index (χ0n) is 16.7. The minimum Gasteiger partial charge on any atom is -0.465 e. The average Bonchev–Trinajstić information content (AvgIpc) is 3.05. The lowest BCUT2D eigenvalue weighted by atomic mass is 10.2. The van der Waals surface area contributed by atoms with Crippen molar-refractivity contribution < 1.29 is 32.3 Å². The molecule has 2 N–H and O–H groups in total. The number of esters is 2. The van der Waals surface area contributed by atoms with E-state index in [9.17, 15) is 22.8 Å². The molecule has 0 fully saturated rings. The van der Waals surface area contributed by atoms with Crippen molar-refractivity contribution in [3.8, 4) is 0 Å². The first-order valence-corrected chi connectivity index (χ1v) is 10.2. The third-order valence-corrected chi connectivity index (χ3v) is 5.27. The maximum Gasteiger partial charge on any atom is 0.337 e. The van der Waals surface area contributed by atoms with Crippen LogP contribution in [0.5, 0.6) is 0 Å². The number of aromatic nitrogens is 2. The van der Waals surface area contributed by atoms with Crippen molar-refractivity contribution in [2.45, 2.75) is 18.4 Å². The monoisotopic (exact) mass is 438 g/mol. The topological polar surface area (TPSA) is 146 Å². The second kappa shape index (κ2) is 9.98. The lowest BCUT2D eigenvalue weighted by Gasteiger charge is -2.08. The molecule has 162 valence electrons. The van der Waals surface area contributed by atoms with Crippen LogP contribution in [0.1, 0.15) is 22.6 Å². The van der Waals surface area contributed by atoms with Gasteiger partial charge in [-0.25, -0.2) is 22.9 Å². The summed E-state index contributed by atoms with van der Waals surface area (Å²) < 4.78 is 37.4. The molecule has 0 atom stereocenters. The second-order valence-corrected chi connectivity index (χ2v) is 7.88. The van der Waals surface area contributed by atoms with Crippen LogP contribution in [0.25, 0.3) is 0 Å². The molecule has 0 bridgehead atoms. The molecule has 1 amide bonds. The van der Waals surface area contributed by atoms with E-state index in [2.05, 4.69) is 19.8 Å². The Balaban J connectivity index is 1.73. The van der Waals surface area contributed by atoms with Crippen molar-refractivity contribution in [1.82, 2.24) is 14.3 Å². The molecule has 11 nitrogen and oxygen atoms in total. The molecule has 12 heteroatoms. The third-order valence-electron chi connectivity index (χ3n) is 3.94. The Labute approximate surface area is 173 Å². The number of ether oxygens (including phenoxy) is 2. The summed E-state index contributed by atoms with van der Waals surface area (Å²) in [7, 11) is -0.919. The lowest BCUT2D eigenvalue weighted by molar-refractivity contribution is -0.147. The van der Waals surface area contributed by atoms with Gasteiger partial charge in [0.05, 0.1) is 19.1 Å². The molecule has 0 aliphatic carbocycles. The average molecular weight is 438 g/mol. The van der Waals surface area contributed by atoms with Crippen LogP contribution < -0.4 is 10.0 Å². The van der Waals surface area contributed by atoms with Crippen molar-refractivity contribution in [3.05, 3.63) is 41.9 Å². The number of methoxy groups -OCH3 is 1. The number of hydrogen-bond donors (Lipinski definition) is 2. The third kappa shape index (κ3) is 6.39. The summed E-state index contributed by atoms with van der Waals surface area (Å²) in [6.45, 7) is 0.923. The van der Waals surface area contributed by atoms with E-state index < -0.39 is 34.5 Å². The Hall–Kier alpha value is -3.25. The summed E-state index contributed by atoms with van der Waals surface area (Å²) >= 11 is 0. The molecule has 30 heavy (non-hydrogen) atoms. The van der Waals surface area contributed by atoms with Gasteiger partial charge in [0.25, 0.3) is 15.9 Å². The minimum atomic E-state index is -3.84. The number of benzene rings is 1. The molecule has 0 saturated carbocycles. The van der Waals surface area contributed by atoms with Gasteiger partial charge in [-0.3, -0.25) is 9.59 Å². The van der Waals surface area contributed by atoms with Crippen molar-refractivity contribution in [2.24, 2.45) is 7.05 Å². The highest BCUT2D eigenvalue weighted by molar-refractivity contribution is 7.89. The highest BCUT2D eigenvalue weighted by Gasteiger charge is 2.19. The first kappa shape index (κ1) is 23.0. The SMILES string of the molecule is COC(=O)c1ccc(NC(=O)COC(=O)CCNS(=O)(=O)c2cn(C)c(C)n2)cc1. The largest absolute Gasteiger partial charge is 0.465 e. The summed E-state index contributed by atoms with van der Waals surface area (Å²) in [5, 5.41) is 2.36. The van der Waals surface area contributed by atoms with E-state index in [0.29, 0.717) is 17.1 Å². The number of hydrogen-bond acceptors (Lipinski definition) is 8. The van der Waals surface area contributed by atoms with Crippen LogP contribution in [0.3, 0.4) is 0 Å². The molecule has 0 radical (unpaired) electrons. The molecule has 0 spiro atoms. The fourth-order valence-electron chi connectivity index (χ4n) is 2.24. The van der Waals surface area contributed by atoms with Gasteiger partial charge in [0.2, 0.25) is 0 Å². The second-order valence-electron chi connectivity index (χ2n) is 6.16. The van der Waals surface area contributed by atoms with E-state index in [4.69, 9.17) is 4.74 Å². The molecular formula is C18H22N4O7S. The fourth-order valence-corrected chi connectivity index (χ4v) is 3.31. The molecule has 1 heterocycles. The van der Waals surface area contributed by atoms with Crippen LogP contribution >= 0.6 is 0 Å². The van der Waals surface area contributed by atoms with E-state index in [1.54, 1.807) is 18.5 Å². The number of amides is 1. The number of aryl methyl sites for hydroxylation is 2. The number of carbonyl (C=O) groups excluding carboxylic acids is 3. The number of sulfonamides is 1. The molecule has 0 aliphatic rings. The van der Waals surface area contributed by atoms with Gasteiger partial charge in [-0.15, -0.1) is 0 Å². The van der Waals surface area contributed by atoms with Crippen LogP contribution in [0.4, 0.5) is 5.69 Å². The van der Waals surface area contributed by atoms with Crippen LogP contribution in [-0.2, 0) is 36.1 Å². The maximum atomic E-state index is 12.1. The first-order chi connectivity index (χ1) is 14.1. The molecule has 1 aromatic carbocycles. The van der Waals surface area contributed by atoms with E-state index in [1.807, 2.05) is 0 Å². The summed E-state index contributed by atoms with van der Waals surface area (Å²) in [6.07, 6.45) is 1.10. The van der Waals surface area contributed by atoms with Gasteiger partial charge in [-0.05, 0) is 31.2 Å². The molecular weight excluding hydrogens is 416 g/mol. The predicted octanol–water partition coefficient (Wildman–Crippen LogP) is 0.365. The molecule has 2 aromatic rings. The van der Waals surface area contributed by atoms with Gasteiger partial charge < -0.3 is 19.4 Å². The number of rotatable bonds is 9. The highest BCUT2D eigenvalue weighted by atomic mass is 32.2. The molecule has 1 aromatic heterocycles. The Morgan fingerprint density at radius 2 is 1.83 bits per heavy atom.